The van der Waals surface area contributed by atoms with Crippen LogP contribution in [-0.4, -0.2) is 30.9 Å². The van der Waals surface area contributed by atoms with Crippen LogP contribution in [0.15, 0.2) is 18.2 Å². The SMILES string of the molecule is CC(=O)CC(=O)OCCOc1cccc2c1CCC(=O)N2. The summed E-state index contributed by atoms with van der Waals surface area (Å²) in [7, 11) is 0. The van der Waals surface area contributed by atoms with E-state index in [1.54, 1.807) is 6.07 Å². The Bertz CT molecular complexity index is 567. The van der Waals surface area contributed by atoms with E-state index in [0.29, 0.717) is 18.6 Å². The van der Waals surface area contributed by atoms with Crippen LogP contribution < -0.4 is 10.1 Å². The molecule has 6 heteroatoms. The van der Waals surface area contributed by atoms with Crippen molar-refractivity contribution in [3.05, 3.63) is 23.8 Å². The Morgan fingerprint density at radius 2 is 2.05 bits per heavy atom. The summed E-state index contributed by atoms with van der Waals surface area (Å²) in [6, 6.07) is 5.43. The lowest BCUT2D eigenvalue weighted by Gasteiger charge is -2.20. The molecular weight excluding hydrogens is 274 g/mol. The van der Waals surface area contributed by atoms with Gasteiger partial charge in [-0.1, -0.05) is 6.07 Å². The third-order valence-corrected chi connectivity index (χ3v) is 3.01. The first kappa shape index (κ1) is 15.0. The zero-order valence-corrected chi connectivity index (χ0v) is 11.8. The summed E-state index contributed by atoms with van der Waals surface area (Å²) in [6.07, 6.45) is 0.842. The summed E-state index contributed by atoms with van der Waals surface area (Å²) in [5.74, 6) is -0.102. The molecule has 0 spiro atoms. The zero-order valence-electron chi connectivity index (χ0n) is 11.8. The number of hydrogen-bond donors (Lipinski definition) is 1. The highest BCUT2D eigenvalue weighted by Crippen LogP contribution is 2.30. The molecule has 1 N–H and O–H groups in total. The van der Waals surface area contributed by atoms with E-state index in [9.17, 15) is 14.4 Å². The van der Waals surface area contributed by atoms with Crippen molar-refractivity contribution >= 4 is 23.3 Å². The minimum absolute atomic E-state index is 0.00203. The maximum Gasteiger partial charge on any atom is 0.313 e. The van der Waals surface area contributed by atoms with E-state index in [0.717, 1.165) is 11.3 Å². The number of rotatable bonds is 6. The number of nitrogens with one attached hydrogen (secondary N) is 1. The number of amides is 1. The summed E-state index contributed by atoms with van der Waals surface area (Å²) in [5, 5.41) is 2.79. The van der Waals surface area contributed by atoms with Crippen LogP contribution in [0.25, 0.3) is 0 Å². The van der Waals surface area contributed by atoms with Crippen LogP contribution in [0.5, 0.6) is 5.75 Å². The Kier molecular flexibility index (Phi) is 4.92. The van der Waals surface area contributed by atoms with Crippen molar-refractivity contribution in [1.29, 1.82) is 0 Å². The predicted octanol–water partition coefficient (Wildman–Crippen LogP) is 1.47. The molecule has 112 valence electrons. The molecule has 1 aliphatic rings. The molecule has 0 saturated heterocycles. The number of ether oxygens (including phenoxy) is 2. The standard InChI is InChI=1S/C15H17NO5/c1-10(17)9-15(19)21-8-7-20-13-4-2-3-12-11(13)5-6-14(18)16-12/h2-4H,5-9H2,1H3,(H,16,18). The number of fused-ring (bicyclic) bond motifs is 1. The van der Waals surface area contributed by atoms with Crippen molar-refractivity contribution in [2.45, 2.75) is 26.2 Å². The highest BCUT2D eigenvalue weighted by molar-refractivity contribution is 5.94. The van der Waals surface area contributed by atoms with Gasteiger partial charge in [0.2, 0.25) is 5.91 Å². The first-order valence-electron chi connectivity index (χ1n) is 6.76. The lowest BCUT2D eigenvalue weighted by molar-refractivity contribution is -0.146. The molecule has 1 heterocycles. The molecule has 6 nitrogen and oxygen atoms in total. The predicted molar refractivity (Wildman–Crippen MR) is 75.1 cm³/mol. The normalized spacial score (nSPS) is 13.1. The van der Waals surface area contributed by atoms with Gasteiger partial charge in [-0.3, -0.25) is 14.4 Å². The number of esters is 1. The molecule has 1 aromatic carbocycles. The van der Waals surface area contributed by atoms with Crippen LogP contribution in [0.3, 0.4) is 0 Å². The summed E-state index contributed by atoms with van der Waals surface area (Å²) in [5.41, 5.74) is 1.71. The highest BCUT2D eigenvalue weighted by atomic mass is 16.6. The summed E-state index contributed by atoms with van der Waals surface area (Å²) < 4.78 is 10.5. The molecule has 0 atom stereocenters. The molecule has 1 aliphatic heterocycles. The smallest absolute Gasteiger partial charge is 0.313 e. The quantitative estimate of drug-likeness (QED) is 0.487. The highest BCUT2D eigenvalue weighted by Gasteiger charge is 2.18. The van der Waals surface area contributed by atoms with Gasteiger partial charge in [0.05, 0.1) is 0 Å². The molecule has 21 heavy (non-hydrogen) atoms. The van der Waals surface area contributed by atoms with Crippen molar-refractivity contribution in [2.75, 3.05) is 18.5 Å². The Hall–Kier alpha value is -2.37. The Labute approximate surface area is 122 Å². The largest absolute Gasteiger partial charge is 0.490 e. The van der Waals surface area contributed by atoms with Crippen molar-refractivity contribution < 1.29 is 23.9 Å². The van der Waals surface area contributed by atoms with Gasteiger partial charge in [0.25, 0.3) is 0 Å². The fourth-order valence-electron chi connectivity index (χ4n) is 2.09. The van der Waals surface area contributed by atoms with E-state index in [1.165, 1.54) is 6.92 Å². The van der Waals surface area contributed by atoms with Crippen LogP contribution >= 0.6 is 0 Å². The molecule has 0 unspecified atom stereocenters. The molecule has 0 aromatic heterocycles. The minimum Gasteiger partial charge on any atom is -0.490 e. The van der Waals surface area contributed by atoms with Crippen molar-refractivity contribution in [1.82, 2.24) is 0 Å². The Morgan fingerprint density at radius 1 is 1.24 bits per heavy atom. The maximum absolute atomic E-state index is 11.3. The van der Waals surface area contributed by atoms with E-state index >= 15 is 0 Å². The van der Waals surface area contributed by atoms with E-state index in [-0.39, 0.29) is 31.3 Å². The molecule has 0 aliphatic carbocycles. The average Bonchev–Trinajstić information content (AvgIpc) is 2.42. The second-order valence-electron chi connectivity index (χ2n) is 4.78. The van der Waals surface area contributed by atoms with E-state index < -0.39 is 5.97 Å². The minimum atomic E-state index is -0.548. The van der Waals surface area contributed by atoms with Crippen molar-refractivity contribution in [2.24, 2.45) is 0 Å². The molecule has 0 saturated carbocycles. The van der Waals surface area contributed by atoms with E-state index in [2.05, 4.69) is 5.32 Å². The fraction of sp³-hybridized carbons (Fsp3) is 0.400. The van der Waals surface area contributed by atoms with Gasteiger partial charge in [-0.15, -0.1) is 0 Å². The fourth-order valence-corrected chi connectivity index (χ4v) is 2.09. The first-order valence-corrected chi connectivity index (χ1v) is 6.76. The second kappa shape index (κ2) is 6.88. The lowest BCUT2D eigenvalue weighted by Crippen LogP contribution is -2.20. The zero-order chi connectivity index (χ0) is 15.2. The summed E-state index contributed by atoms with van der Waals surface area (Å²) >= 11 is 0. The van der Waals surface area contributed by atoms with Crippen LogP contribution in [0.4, 0.5) is 5.69 Å². The maximum atomic E-state index is 11.3. The van der Waals surface area contributed by atoms with E-state index in [4.69, 9.17) is 9.47 Å². The molecule has 1 aromatic rings. The van der Waals surface area contributed by atoms with Gasteiger partial charge in [-0.25, -0.2) is 0 Å². The van der Waals surface area contributed by atoms with Gasteiger partial charge in [0.1, 0.15) is 31.2 Å². The van der Waals surface area contributed by atoms with Crippen molar-refractivity contribution in [3.63, 3.8) is 0 Å². The lowest BCUT2D eigenvalue weighted by atomic mass is 10.0. The van der Waals surface area contributed by atoms with Crippen LogP contribution in [0.1, 0.15) is 25.3 Å². The molecular formula is C15H17NO5. The second-order valence-corrected chi connectivity index (χ2v) is 4.78. The number of Topliss-reactive ketones (excluding diaryl/α,β-unsaturated/α-hetero) is 1. The van der Waals surface area contributed by atoms with Gasteiger partial charge in [0, 0.05) is 17.7 Å². The van der Waals surface area contributed by atoms with Gasteiger partial charge in [-0.2, -0.15) is 0 Å². The third kappa shape index (κ3) is 4.30. The monoisotopic (exact) mass is 291 g/mol. The van der Waals surface area contributed by atoms with E-state index in [1.807, 2.05) is 12.1 Å². The van der Waals surface area contributed by atoms with Gasteiger partial charge >= 0.3 is 5.97 Å². The van der Waals surface area contributed by atoms with Gasteiger partial charge < -0.3 is 14.8 Å². The van der Waals surface area contributed by atoms with Crippen LogP contribution in [0.2, 0.25) is 0 Å². The van der Waals surface area contributed by atoms with Crippen LogP contribution in [0, 0.1) is 0 Å². The van der Waals surface area contributed by atoms with Gasteiger partial charge in [0.15, 0.2) is 0 Å². The topological polar surface area (TPSA) is 81.7 Å². The molecule has 0 radical (unpaired) electrons. The van der Waals surface area contributed by atoms with Crippen molar-refractivity contribution in [3.8, 4) is 5.75 Å². The number of anilines is 1. The average molecular weight is 291 g/mol. The van der Waals surface area contributed by atoms with Crippen LogP contribution in [-0.2, 0) is 25.5 Å². The number of hydrogen-bond acceptors (Lipinski definition) is 5. The Morgan fingerprint density at radius 3 is 2.81 bits per heavy atom. The summed E-state index contributed by atoms with van der Waals surface area (Å²) in [6.45, 7) is 1.62. The molecule has 1 amide bonds. The number of carbonyl (C=O) groups is 3. The number of benzene rings is 1. The number of carbonyl (C=O) groups excluding carboxylic acids is 3. The number of ketones is 1. The summed E-state index contributed by atoms with van der Waals surface area (Å²) in [4.78, 5) is 33.2. The molecule has 0 fully saturated rings. The third-order valence-electron chi connectivity index (χ3n) is 3.01. The molecule has 0 bridgehead atoms. The Balaban J connectivity index is 1.84. The van der Waals surface area contributed by atoms with Gasteiger partial charge in [-0.05, 0) is 25.5 Å². The first-order chi connectivity index (χ1) is 10.1. The molecule has 2 rings (SSSR count).